The molecule has 0 aromatic heterocycles. The van der Waals surface area contributed by atoms with Crippen LogP contribution in [0.15, 0.2) is 0 Å². The highest BCUT2D eigenvalue weighted by Gasteiger charge is 2.34. The zero-order valence-corrected chi connectivity index (χ0v) is 10.7. The molecule has 2 unspecified atom stereocenters. The molecule has 1 saturated heterocycles. The molecule has 2 atom stereocenters. The Morgan fingerprint density at radius 3 is 2.61 bits per heavy atom. The van der Waals surface area contributed by atoms with Gasteiger partial charge in [-0.3, -0.25) is 4.79 Å². The van der Waals surface area contributed by atoms with E-state index in [0.29, 0.717) is 5.92 Å². The summed E-state index contributed by atoms with van der Waals surface area (Å²) in [5.74, 6) is -0.508. The molecule has 0 spiro atoms. The average molecular weight is 255 g/mol. The van der Waals surface area contributed by atoms with Crippen LogP contribution in [0.5, 0.6) is 0 Å². The fraction of sp³-hybridized carbons (Fsp3) is 0.833. The third-order valence-corrected chi connectivity index (χ3v) is 3.63. The van der Waals surface area contributed by atoms with E-state index >= 15 is 0 Å². The molecule has 2 aliphatic rings. The van der Waals surface area contributed by atoms with Gasteiger partial charge in [0.1, 0.15) is 0 Å². The molecule has 1 heterocycles. The summed E-state index contributed by atoms with van der Waals surface area (Å²) in [5, 5.41) is 14.5. The van der Waals surface area contributed by atoms with Crippen molar-refractivity contribution in [3.05, 3.63) is 0 Å². The lowest BCUT2D eigenvalue weighted by molar-refractivity contribution is -0.137. The summed E-state index contributed by atoms with van der Waals surface area (Å²) in [6, 6.07) is -0.269. The Labute approximate surface area is 107 Å². The number of aliphatic carboxylic acids is 1. The van der Waals surface area contributed by atoms with Crippen LogP contribution >= 0.6 is 0 Å². The minimum Gasteiger partial charge on any atom is -0.481 e. The Morgan fingerprint density at radius 1 is 1.39 bits per heavy atom. The molecule has 0 aromatic rings. The smallest absolute Gasteiger partial charge is 0.315 e. The number of likely N-dealkylation sites (N-methyl/N-ethyl adjacent to an activating group) is 1. The Kier molecular flexibility index (Phi) is 4.06. The maximum atomic E-state index is 11.8. The van der Waals surface area contributed by atoms with Crippen LogP contribution in [0, 0.1) is 5.92 Å². The highest BCUT2D eigenvalue weighted by atomic mass is 16.4. The van der Waals surface area contributed by atoms with Crippen LogP contribution in [0.25, 0.3) is 0 Å². The second-order valence-corrected chi connectivity index (χ2v) is 5.41. The quantitative estimate of drug-likeness (QED) is 0.657. The lowest BCUT2D eigenvalue weighted by Crippen LogP contribution is -2.48. The molecule has 1 aliphatic carbocycles. The number of carbonyl (C=O) groups excluding carboxylic acids is 1. The summed E-state index contributed by atoms with van der Waals surface area (Å²) >= 11 is 0. The third kappa shape index (κ3) is 3.87. The summed E-state index contributed by atoms with van der Waals surface area (Å²) in [6.07, 6.45) is 3.01. The molecular formula is C12H21N3O3. The Bertz CT molecular complexity index is 331. The van der Waals surface area contributed by atoms with Crippen molar-refractivity contribution < 1.29 is 14.7 Å². The molecule has 2 fully saturated rings. The van der Waals surface area contributed by atoms with E-state index in [1.807, 2.05) is 7.05 Å². The minimum atomic E-state index is -0.854. The van der Waals surface area contributed by atoms with Gasteiger partial charge in [-0.15, -0.1) is 0 Å². The number of hydrogen-bond donors (Lipinski definition) is 3. The Morgan fingerprint density at radius 2 is 2.11 bits per heavy atom. The molecule has 3 N–H and O–H groups in total. The Hall–Kier alpha value is -1.30. The SMILES string of the molecule is CN1CCC(NC(=O)NC(CC(=O)O)C2CC2)C1. The molecule has 1 saturated carbocycles. The van der Waals surface area contributed by atoms with E-state index in [-0.39, 0.29) is 24.5 Å². The predicted molar refractivity (Wildman–Crippen MR) is 66.3 cm³/mol. The van der Waals surface area contributed by atoms with E-state index in [2.05, 4.69) is 15.5 Å². The van der Waals surface area contributed by atoms with Crippen LogP contribution in [0.1, 0.15) is 25.7 Å². The lowest BCUT2D eigenvalue weighted by Gasteiger charge is -2.19. The minimum absolute atomic E-state index is 0.0165. The van der Waals surface area contributed by atoms with Gasteiger partial charge in [-0.05, 0) is 38.8 Å². The summed E-state index contributed by atoms with van der Waals surface area (Å²) in [4.78, 5) is 24.7. The first-order valence-corrected chi connectivity index (χ1v) is 6.52. The molecule has 0 bridgehead atoms. The van der Waals surface area contributed by atoms with Gasteiger partial charge in [0.05, 0.1) is 6.42 Å². The predicted octanol–water partition coefficient (Wildman–Crippen LogP) is 0.243. The normalized spacial score (nSPS) is 25.7. The van der Waals surface area contributed by atoms with Crippen LogP contribution in [-0.4, -0.2) is 54.2 Å². The molecule has 18 heavy (non-hydrogen) atoms. The standard InChI is InChI=1S/C12H21N3O3/c1-15-5-4-9(7-15)13-12(18)14-10(6-11(16)17)8-2-3-8/h8-10H,2-7H2,1H3,(H,16,17)(H2,13,14,18). The van der Waals surface area contributed by atoms with Crippen molar-refractivity contribution in [2.24, 2.45) is 5.92 Å². The van der Waals surface area contributed by atoms with Gasteiger partial charge >= 0.3 is 12.0 Å². The fourth-order valence-corrected chi connectivity index (χ4v) is 2.47. The summed E-state index contributed by atoms with van der Waals surface area (Å²) in [5.41, 5.74) is 0. The van der Waals surface area contributed by atoms with E-state index in [1.165, 1.54) is 0 Å². The molecule has 2 rings (SSSR count). The van der Waals surface area contributed by atoms with E-state index < -0.39 is 5.97 Å². The first-order chi connectivity index (χ1) is 8.54. The number of carboxylic acids is 1. The van der Waals surface area contributed by atoms with Gasteiger partial charge in [0.15, 0.2) is 0 Å². The van der Waals surface area contributed by atoms with Gasteiger partial charge in [-0.1, -0.05) is 0 Å². The first kappa shape index (κ1) is 13.1. The van der Waals surface area contributed by atoms with Crippen LogP contribution in [0.3, 0.4) is 0 Å². The van der Waals surface area contributed by atoms with E-state index in [0.717, 1.165) is 32.4 Å². The average Bonchev–Trinajstić information content (AvgIpc) is 3.02. The van der Waals surface area contributed by atoms with Crippen molar-refractivity contribution in [1.82, 2.24) is 15.5 Å². The van der Waals surface area contributed by atoms with E-state index in [1.54, 1.807) is 0 Å². The maximum absolute atomic E-state index is 11.8. The zero-order chi connectivity index (χ0) is 13.1. The summed E-state index contributed by atoms with van der Waals surface area (Å²) in [6.45, 7) is 1.85. The number of amides is 2. The molecular weight excluding hydrogens is 234 g/mol. The molecule has 2 amide bonds. The number of nitrogens with zero attached hydrogens (tertiary/aromatic N) is 1. The first-order valence-electron chi connectivity index (χ1n) is 6.52. The van der Waals surface area contributed by atoms with Crippen LogP contribution in [-0.2, 0) is 4.79 Å². The molecule has 6 heteroatoms. The molecule has 1 aliphatic heterocycles. The van der Waals surface area contributed by atoms with Crippen LogP contribution in [0.4, 0.5) is 4.79 Å². The van der Waals surface area contributed by atoms with Crippen molar-refractivity contribution >= 4 is 12.0 Å². The van der Waals surface area contributed by atoms with Crippen LogP contribution < -0.4 is 10.6 Å². The van der Waals surface area contributed by atoms with Crippen molar-refractivity contribution in [1.29, 1.82) is 0 Å². The van der Waals surface area contributed by atoms with Crippen molar-refractivity contribution in [2.45, 2.75) is 37.8 Å². The van der Waals surface area contributed by atoms with Crippen LogP contribution in [0.2, 0.25) is 0 Å². The van der Waals surface area contributed by atoms with Gasteiger partial charge in [0.25, 0.3) is 0 Å². The number of urea groups is 1. The van der Waals surface area contributed by atoms with Gasteiger partial charge in [0, 0.05) is 18.6 Å². The monoisotopic (exact) mass is 255 g/mol. The van der Waals surface area contributed by atoms with E-state index in [4.69, 9.17) is 5.11 Å². The second-order valence-electron chi connectivity index (χ2n) is 5.41. The number of carboxylic acid groups (broad SMARTS) is 1. The number of hydrogen-bond acceptors (Lipinski definition) is 3. The highest BCUT2D eigenvalue weighted by Crippen LogP contribution is 2.33. The van der Waals surface area contributed by atoms with Gasteiger partial charge in [-0.25, -0.2) is 4.79 Å². The Balaban J connectivity index is 1.76. The summed E-state index contributed by atoms with van der Waals surface area (Å²) in [7, 11) is 2.02. The summed E-state index contributed by atoms with van der Waals surface area (Å²) < 4.78 is 0. The topological polar surface area (TPSA) is 81.7 Å². The van der Waals surface area contributed by atoms with Crippen molar-refractivity contribution in [3.8, 4) is 0 Å². The van der Waals surface area contributed by atoms with Gasteiger partial charge < -0.3 is 20.6 Å². The largest absolute Gasteiger partial charge is 0.481 e. The van der Waals surface area contributed by atoms with Crippen molar-refractivity contribution in [3.63, 3.8) is 0 Å². The number of nitrogens with one attached hydrogen (secondary N) is 2. The van der Waals surface area contributed by atoms with Gasteiger partial charge in [0.2, 0.25) is 0 Å². The zero-order valence-electron chi connectivity index (χ0n) is 10.7. The van der Waals surface area contributed by atoms with Crippen molar-refractivity contribution in [2.75, 3.05) is 20.1 Å². The number of carbonyl (C=O) groups is 2. The maximum Gasteiger partial charge on any atom is 0.315 e. The van der Waals surface area contributed by atoms with Gasteiger partial charge in [-0.2, -0.15) is 0 Å². The number of likely N-dealkylation sites (tertiary alicyclic amines) is 1. The molecule has 6 nitrogen and oxygen atoms in total. The third-order valence-electron chi connectivity index (χ3n) is 3.63. The van der Waals surface area contributed by atoms with E-state index in [9.17, 15) is 9.59 Å². The molecule has 0 aromatic carbocycles. The molecule has 102 valence electrons. The lowest BCUT2D eigenvalue weighted by atomic mass is 10.1. The molecule has 0 radical (unpaired) electrons. The highest BCUT2D eigenvalue weighted by molar-refractivity contribution is 5.76. The fourth-order valence-electron chi connectivity index (χ4n) is 2.47. The number of rotatable bonds is 5. The second kappa shape index (κ2) is 5.56.